The number of aromatic nitrogens is 2. The van der Waals surface area contributed by atoms with E-state index in [0.29, 0.717) is 11.4 Å². The van der Waals surface area contributed by atoms with Crippen molar-refractivity contribution in [3.63, 3.8) is 0 Å². The molecule has 30 heavy (non-hydrogen) atoms. The molecule has 3 rings (SSSR count). The van der Waals surface area contributed by atoms with Crippen LogP contribution in [0, 0.1) is 5.82 Å². The van der Waals surface area contributed by atoms with Crippen LogP contribution in [0.25, 0.3) is 0 Å². The number of hydrogen-bond acceptors (Lipinski definition) is 7. The average Bonchev–Trinajstić information content (AvgIpc) is 2.74. The summed E-state index contributed by atoms with van der Waals surface area (Å²) < 4.78 is 50.4. The predicted molar refractivity (Wildman–Crippen MR) is 106 cm³/mol. The van der Waals surface area contributed by atoms with Crippen LogP contribution in [-0.2, 0) is 14.8 Å². The molecule has 11 heteroatoms. The van der Waals surface area contributed by atoms with Gasteiger partial charge in [0, 0.05) is 18.1 Å². The molecule has 9 nitrogen and oxygen atoms in total. The second kappa shape index (κ2) is 9.18. The van der Waals surface area contributed by atoms with E-state index in [2.05, 4.69) is 20.0 Å². The van der Waals surface area contributed by atoms with Gasteiger partial charge in [-0.15, -0.1) is 0 Å². The lowest BCUT2D eigenvalue weighted by Gasteiger charge is -2.11. The van der Waals surface area contributed by atoms with Crippen molar-refractivity contribution in [2.24, 2.45) is 0 Å². The van der Waals surface area contributed by atoms with Crippen LogP contribution >= 0.6 is 0 Å². The van der Waals surface area contributed by atoms with Gasteiger partial charge in [0.25, 0.3) is 21.8 Å². The number of carbonyl (C=O) groups is 1. The van der Waals surface area contributed by atoms with Crippen LogP contribution < -0.4 is 19.5 Å². The van der Waals surface area contributed by atoms with Crippen molar-refractivity contribution >= 4 is 27.4 Å². The zero-order valence-corrected chi connectivity index (χ0v) is 16.5. The molecule has 0 atom stereocenters. The summed E-state index contributed by atoms with van der Waals surface area (Å²) in [6.07, 6.45) is 2.70. The summed E-state index contributed by atoms with van der Waals surface area (Å²) in [6, 6.07) is 10.7. The maximum Gasteiger partial charge on any atom is 0.263 e. The summed E-state index contributed by atoms with van der Waals surface area (Å²) >= 11 is 0. The Balaban J connectivity index is 1.61. The van der Waals surface area contributed by atoms with Crippen molar-refractivity contribution in [2.45, 2.75) is 4.90 Å². The molecule has 0 spiro atoms. The number of nitrogens with zero attached hydrogens (tertiary/aromatic N) is 2. The van der Waals surface area contributed by atoms with Gasteiger partial charge in [-0.05, 0) is 48.5 Å². The largest absolute Gasteiger partial charge is 0.484 e. The van der Waals surface area contributed by atoms with Gasteiger partial charge in [0.2, 0.25) is 5.82 Å². The molecule has 0 unspecified atom stereocenters. The van der Waals surface area contributed by atoms with Crippen molar-refractivity contribution in [3.05, 3.63) is 66.7 Å². The average molecular weight is 432 g/mol. The molecule has 0 radical (unpaired) electrons. The highest BCUT2D eigenvalue weighted by Crippen LogP contribution is 2.22. The summed E-state index contributed by atoms with van der Waals surface area (Å²) in [6.45, 7) is -0.292. The standard InChI is InChI=1S/C19H17FN4O5S/c1-28-19-18(21-10-11-22-19)24-30(26,27)16-8-4-14(5-9-16)23-17(25)12-29-15-6-2-13(20)3-7-15/h2-11H,12H2,1H3,(H,21,24)(H,23,25). The van der Waals surface area contributed by atoms with Gasteiger partial charge < -0.3 is 14.8 Å². The lowest BCUT2D eigenvalue weighted by Crippen LogP contribution is -2.20. The maximum atomic E-state index is 12.9. The first-order chi connectivity index (χ1) is 14.4. The molecular formula is C19H17FN4O5S. The lowest BCUT2D eigenvalue weighted by atomic mass is 10.3. The summed E-state index contributed by atoms with van der Waals surface area (Å²) in [5.41, 5.74) is 0.374. The number of rotatable bonds is 8. The smallest absolute Gasteiger partial charge is 0.263 e. The topological polar surface area (TPSA) is 120 Å². The Morgan fingerprint density at radius 2 is 1.70 bits per heavy atom. The fourth-order valence-corrected chi connectivity index (χ4v) is 3.33. The lowest BCUT2D eigenvalue weighted by molar-refractivity contribution is -0.118. The Morgan fingerprint density at radius 3 is 2.37 bits per heavy atom. The Bertz CT molecular complexity index is 1120. The van der Waals surface area contributed by atoms with Gasteiger partial charge >= 0.3 is 0 Å². The second-order valence-electron chi connectivity index (χ2n) is 5.83. The van der Waals surface area contributed by atoms with E-state index < -0.39 is 21.7 Å². The molecule has 1 heterocycles. The number of amides is 1. The van der Waals surface area contributed by atoms with Crippen LogP contribution in [0.4, 0.5) is 15.9 Å². The van der Waals surface area contributed by atoms with Gasteiger partial charge in [0.15, 0.2) is 6.61 Å². The number of ether oxygens (including phenoxy) is 2. The van der Waals surface area contributed by atoms with Crippen molar-refractivity contribution < 1.29 is 27.1 Å². The molecule has 156 valence electrons. The molecule has 0 aliphatic carbocycles. The second-order valence-corrected chi connectivity index (χ2v) is 7.52. The van der Waals surface area contributed by atoms with E-state index in [0.717, 1.165) is 0 Å². The fourth-order valence-electron chi connectivity index (χ4n) is 2.33. The van der Waals surface area contributed by atoms with E-state index >= 15 is 0 Å². The first-order valence-electron chi connectivity index (χ1n) is 8.53. The van der Waals surface area contributed by atoms with Crippen molar-refractivity contribution in [3.8, 4) is 11.6 Å². The molecule has 0 aliphatic rings. The van der Waals surface area contributed by atoms with Crippen LogP contribution in [0.1, 0.15) is 0 Å². The number of methoxy groups -OCH3 is 1. The Kier molecular flexibility index (Phi) is 6.42. The first kappa shape index (κ1) is 21.0. The molecule has 2 N–H and O–H groups in total. The molecule has 1 amide bonds. The third-order valence-corrected chi connectivity index (χ3v) is 5.08. The Labute approximate surface area is 171 Å². The van der Waals surface area contributed by atoms with Crippen molar-refractivity contribution in [1.29, 1.82) is 0 Å². The van der Waals surface area contributed by atoms with E-state index in [-0.39, 0.29) is 23.2 Å². The van der Waals surface area contributed by atoms with Crippen LogP contribution in [-0.4, -0.2) is 38.0 Å². The maximum absolute atomic E-state index is 12.9. The van der Waals surface area contributed by atoms with Crippen LogP contribution in [0.2, 0.25) is 0 Å². The molecule has 0 aliphatic heterocycles. The summed E-state index contributed by atoms with van der Waals surface area (Å²) in [4.78, 5) is 19.7. The predicted octanol–water partition coefficient (Wildman–Crippen LogP) is 2.44. The van der Waals surface area contributed by atoms with E-state index in [1.807, 2.05) is 0 Å². The monoisotopic (exact) mass is 432 g/mol. The third-order valence-electron chi connectivity index (χ3n) is 3.72. The number of carbonyl (C=O) groups excluding carboxylic acids is 1. The molecule has 0 bridgehead atoms. The van der Waals surface area contributed by atoms with E-state index in [1.165, 1.54) is 68.0 Å². The quantitative estimate of drug-likeness (QED) is 0.561. The summed E-state index contributed by atoms with van der Waals surface area (Å²) in [5, 5.41) is 2.57. The van der Waals surface area contributed by atoms with Crippen LogP contribution in [0.15, 0.2) is 65.8 Å². The molecule has 3 aromatic rings. The summed E-state index contributed by atoms with van der Waals surface area (Å²) in [5.74, 6) is -0.536. The number of benzene rings is 2. The van der Waals surface area contributed by atoms with Gasteiger partial charge in [-0.25, -0.2) is 22.8 Å². The molecule has 1 aromatic heterocycles. The minimum Gasteiger partial charge on any atom is -0.484 e. The SMILES string of the molecule is COc1nccnc1NS(=O)(=O)c1ccc(NC(=O)COc2ccc(F)cc2)cc1. The van der Waals surface area contributed by atoms with Gasteiger partial charge in [-0.1, -0.05) is 0 Å². The third kappa shape index (κ3) is 5.41. The van der Waals surface area contributed by atoms with Gasteiger partial charge in [-0.2, -0.15) is 0 Å². The molecule has 2 aromatic carbocycles. The Hall–Kier alpha value is -3.73. The van der Waals surface area contributed by atoms with E-state index in [4.69, 9.17) is 9.47 Å². The fraction of sp³-hybridized carbons (Fsp3) is 0.105. The Morgan fingerprint density at radius 1 is 1.03 bits per heavy atom. The summed E-state index contributed by atoms with van der Waals surface area (Å²) in [7, 11) is -2.60. The molecular weight excluding hydrogens is 415 g/mol. The highest BCUT2D eigenvalue weighted by Gasteiger charge is 2.18. The zero-order chi connectivity index (χ0) is 21.6. The van der Waals surface area contributed by atoms with E-state index in [9.17, 15) is 17.6 Å². The number of nitrogens with one attached hydrogen (secondary N) is 2. The zero-order valence-electron chi connectivity index (χ0n) is 15.7. The first-order valence-corrected chi connectivity index (χ1v) is 10.0. The van der Waals surface area contributed by atoms with Gasteiger partial charge in [0.1, 0.15) is 11.6 Å². The molecule has 0 saturated carbocycles. The highest BCUT2D eigenvalue weighted by atomic mass is 32.2. The van der Waals surface area contributed by atoms with Gasteiger partial charge in [-0.3, -0.25) is 9.52 Å². The van der Waals surface area contributed by atoms with Gasteiger partial charge in [0.05, 0.1) is 12.0 Å². The van der Waals surface area contributed by atoms with Crippen LogP contribution in [0.3, 0.4) is 0 Å². The molecule has 0 saturated heterocycles. The van der Waals surface area contributed by atoms with Crippen LogP contribution in [0.5, 0.6) is 11.6 Å². The number of hydrogen-bond donors (Lipinski definition) is 2. The number of halogens is 1. The van der Waals surface area contributed by atoms with Crippen molar-refractivity contribution in [2.75, 3.05) is 23.8 Å². The minimum absolute atomic E-state index is 0.0334. The molecule has 0 fully saturated rings. The van der Waals surface area contributed by atoms with E-state index in [1.54, 1.807) is 0 Å². The minimum atomic E-state index is -3.94. The number of anilines is 2. The normalized spacial score (nSPS) is 10.9. The van der Waals surface area contributed by atoms with Crippen molar-refractivity contribution in [1.82, 2.24) is 9.97 Å². The highest BCUT2D eigenvalue weighted by molar-refractivity contribution is 7.92. The number of sulfonamides is 1.